The first-order valence-corrected chi connectivity index (χ1v) is 11.9. The number of aromatic nitrogens is 2. The summed E-state index contributed by atoms with van der Waals surface area (Å²) >= 11 is 0. The molecule has 0 saturated carbocycles. The summed E-state index contributed by atoms with van der Waals surface area (Å²) in [6.07, 6.45) is 4.01. The van der Waals surface area contributed by atoms with Gasteiger partial charge in [-0.3, -0.25) is 0 Å². The molecule has 6 nitrogen and oxygen atoms in total. The number of fused-ring (bicyclic) bond motifs is 2. The molecule has 2 aromatic carbocycles. The molecule has 1 aromatic heterocycles. The van der Waals surface area contributed by atoms with Crippen molar-refractivity contribution in [2.24, 2.45) is 5.41 Å². The minimum atomic E-state index is -4.35. The van der Waals surface area contributed by atoms with Crippen molar-refractivity contribution < 1.29 is 31.1 Å². The quantitative estimate of drug-likeness (QED) is 0.447. The van der Waals surface area contributed by atoms with Crippen molar-refractivity contribution >= 4 is 16.1 Å². The summed E-state index contributed by atoms with van der Waals surface area (Å²) in [5.74, 6) is -5.31. The third-order valence-electron chi connectivity index (χ3n) is 6.49. The van der Waals surface area contributed by atoms with Crippen molar-refractivity contribution in [3.8, 4) is 5.69 Å². The van der Waals surface area contributed by atoms with Crippen LogP contribution in [-0.2, 0) is 16.4 Å². The Labute approximate surface area is 192 Å². The molecule has 1 saturated heterocycles. The van der Waals surface area contributed by atoms with E-state index in [-0.39, 0.29) is 38.4 Å². The Kier molecular flexibility index (Phi) is 5.38. The van der Waals surface area contributed by atoms with E-state index in [2.05, 4.69) is 5.10 Å². The molecule has 3 aromatic rings. The summed E-state index contributed by atoms with van der Waals surface area (Å²) in [5, 5.41) is 14.7. The Morgan fingerprint density at radius 1 is 1.06 bits per heavy atom. The molecule has 0 radical (unpaired) electrons. The van der Waals surface area contributed by atoms with E-state index >= 15 is 0 Å². The van der Waals surface area contributed by atoms with Gasteiger partial charge in [-0.2, -0.15) is 9.40 Å². The summed E-state index contributed by atoms with van der Waals surface area (Å²) in [6.45, 7) is -0.478. The van der Waals surface area contributed by atoms with Crippen LogP contribution in [0.3, 0.4) is 0 Å². The maximum Gasteiger partial charge on any atom is 0.243 e. The van der Waals surface area contributed by atoms with Crippen molar-refractivity contribution in [2.45, 2.75) is 17.7 Å². The van der Waals surface area contributed by atoms with E-state index in [9.17, 15) is 31.1 Å². The number of nitrogens with zero attached hydrogens (tertiary/aromatic N) is 3. The molecule has 5 rings (SSSR count). The van der Waals surface area contributed by atoms with E-state index in [1.54, 1.807) is 23.0 Å². The lowest BCUT2D eigenvalue weighted by Crippen LogP contribution is -2.51. The Morgan fingerprint density at radius 2 is 1.74 bits per heavy atom. The molecule has 11 heteroatoms. The third-order valence-corrected chi connectivity index (χ3v) is 8.31. The minimum Gasteiger partial charge on any atom is -0.395 e. The van der Waals surface area contributed by atoms with E-state index < -0.39 is 37.8 Å². The van der Waals surface area contributed by atoms with Crippen LogP contribution in [0.4, 0.5) is 17.6 Å². The predicted molar refractivity (Wildman–Crippen MR) is 114 cm³/mol. The first-order chi connectivity index (χ1) is 16.1. The zero-order chi connectivity index (χ0) is 24.3. The van der Waals surface area contributed by atoms with Crippen LogP contribution < -0.4 is 0 Å². The second kappa shape index (κ2) is 8.03. The van der Waals surface area contributed by atoms with Gasteiger partial charge in [0.25, 0.3) is 0 Å². The highest BCUT2D eigenvalue weighted by Gasteiger charge is 2.46. The minimum absolute atomic E-state index is 0.0105. The van der Waals surface area contributed by atoms with Gasteiger partial charge in [-0.25, -0.2) is 30.7 Å². The third kappa shape index (κ3) is 3.55. The Hall–Kier alpha value is -3.02. The fraction of sp³-hybridized carbons (Fsp3) is 0.261. The van der Waals surface area contributed by atoms with E-state index in [1.807, 2.05) is 6.08 Å². The Morgan fingerprint density at radius 3 is 2.38 bits per heavy atom. The van der Waals surface area contributed by atoms with Gasteiger partial charge in [-0.05, 0) is 60.9 Å². The number of benzene rings is 2. The topological polar surface area (TPSA) is 75.4 Å². The van der Waals surface area contributed by atoms with Crippen LogP contribution in [0.1, 0.15) is 17.7 Å². The first kappa shape index (κ1) is 22.8. The van der Waals surface area contributed by atoms with Crippen molar-refractivity contribution in [3.63, 3.8) is 0 Å². The molecular weight excluding hydrogens is 474 g/mol. The van der Waals surface area contributed by atoms with Gasteiger partial charge >= 0.3 is 0 Å². The highest BCUT2D eigenvalue weighted by Crippen LogP contribution is 2.45. The average Bonchev–Trinajstić information content (AvgIpc) is 3.22. The maximum atomic E-state index is 13.7. The maximum absolute atomic E-state index is 13.7. The second-order valence-corrected chi connectivity index (χ2v) is 10.5. The summed E-state index contributed by atoms with van der Waals surface area (Å²) in [5.41, 5.74) is 2.03. The van der Waals surface area contributed by atoms with Crippen LogP contribution in [0.5, 0.6) is 0 Å². The molecule has 2 aliphatic rings. The summed E-state index contributed by atoms with van der Waals surface area (Å²) < 4.78 is 83.0. The molecule has 0 amide bonds. The van der Waals surface area contributed by atoms with E-state index in [0.717, 1.165) is 21.1 Å². The molecule has 0 bridgehead atoms. The van der Waals surface area contributed by atoms with Crippen molar-refractivity contribution in [1.29, 1.82) is 0 Å². The molecule has 1 aliphatic carbocycles. The van der Waals surface area contributed by atoms with Crippen molar-refractivity contribution in [3.05, 3.63) is 82.7 Å². The number of sulfonamides is 1. The number of aliphatic hydroxyl groups is 1. The smallest absolute Gasteiger partial charge is 0.243 e. The van der Waals surface area contributed by atoms with Gasteiger partial charge in [0.1, 0.15) is 5.82 Å². The fourth-order valence-corrected chi connectivity index (χ4v) is 6.22. The predicted octanol–water partition coefficient (Wildman–Crippen LogP) is 3.44. The molecule has 1 atom stereocenters. The fourth-order valence-electron chi connectivity index (χ4n) is 4.67. The van der Waals surface area contributed by atoms with Gasteiger partial charge < -0.3 is 5.11 Å². The molecule has 2 heterocycles. The standard InChI is InChI=1S/C23H19F4N3O3S/c24-16-1-3-17(4-2-16)30-21-7-15-5-6-29(12-23(15,13-31)10-14(21)11-28-30)34(32,33)18-8-19(25)22(27)20(26)9-18/h1-4,7-9,11,31H,5-6,10,12-13H2/t23-/m1/s1. The summed E-state index contributed by atoms with van der Waals surface area (Å²) in [7, 11) is -4.35. The number of halogens is 4. The molecule has 34 heavy (non-hydrogen) atoms. The van der Waals surface area contributed by atoms with Crippen LogP contribution in [0.2, 0.25) is 0 Å². The molecule has 1 aliphatic heterocycles. The first-order valence-electron chi connectivity index (χ1n) is 10.4. The largest absolute Gasteiger partial charge is 0.395 e. The van der Waals surface area contributed by atoms with Crippen molar-refractivity contribution in [1.82, 2.24) is 14.1 Å². The molecule has 1 N–H and O–H groups in total. The van der Waals surface area contributed by atoms with Crippen LogP contribution in [0.15, 0.2) is 53.1 Å². The highest BCUT2D eigenvalue weighted by atomic mass is 32.2. The number of hydrogen-bond acceptors (Lipinski definition) is 4. The Bertz CT molecular complexity index is 1400. The number of hydrogen-bond donors (Lipinski definition) is 1. The zero-order valence-corrected chi connectivity index (χ0v) is 18.5. The van der Waals surface area contributed by atoms with E-state index in [0.29, 0.717) is 17.8 Å². The average molecular weight is 493 g/mol. The van der Waals surface area contributed by atoms with E-state index in [4.69, 9.17) is 0 Å². The van der Waals surface area contributed by atoms with Crippen LogP contribution in [-0.4, -0.2) is 47.3 Å². The molecule has 1 fully saturated rings. The molecule has 178 valence electrons. The van der Waals surface area contributed by atoms with Gasteiger partial charge in [0.2, 0.25) is 10.0 Å². The lowest BCUT2D eigenvalue weighted by Gasteiger charge is -2.45. The van der Waals surface area contributed by atoms with Gasteiger partial charge in [-0.1, -0.05) is 5.57 Å². The molecule has 0 unspecified atom stereocenters. The summed E-state index contributed by atoms with van der Waals surface area (Å²) in [6, 6.07) is 6.73. The summed E-state index contributed by atoms with van der Waals surface area (Å²) in [4.78, 5) is -0.690. The van der Waals surface area contributed by atoms with Crippen LogP contribution >= 0.6 is 0 Å². The van der Waals surface area contributed by atoms with Gasteiger partial charge in [0.05, 0.1) is 29.1 Å². The normalized spacial score (nSPS) is 20.6. The van der Waals surface area contributed by atoms with Gasteiger partial charge in [-0.15, -0.1) is 0 Å². The van der Waals surface area contributed by atoms with Crippen molar-refractivity contribution in [2.75, 3.05) is 19.7 Å². The monoisotopic (exact) mass is 493 g/mol. The lowest BCUT2D eigenvalue weighted by atomic mass is 9.69. The Balaban J connectivity index is 1.49. The van der Waals surface area contributed by atoms with Gasteiger partial charge in [0, 0.05) is 18.5 Å². The highest BCUT2D eigenvalue weighted by molar-refractivity contribution is 7.89. The van der Waals surface area contributed by atoms with Crippen LogP contribution in [0, 0.1) is 28.7 Å². The SMILES string of the molecule is O=S(=O)(c1cc(F)c(F)c(F)c1)N1CCC2=Cc3c(cnn3-c3ccc(F)cc3)C[C@]2(CO)C1. The second-order valence-electron chi connectivity index (χ2n) is 8.52. The molecule has 0 spiro atoms. The number of piperidine rings is 1. The number of aliphatic hydroxyl groups excluding tert-OH is 1. The number of rotatable bonds is 4. The molecular formula is C23H19F4N3O3S. The van der Waals surface area contributed by atoms with Gasteiger partial charge in [0.15, 0.2) is 17.5 Å². The zero-order valence-electron chi connectivity index (χ0n) is 17.7. The van der Waals surface area contributed by atoms with Crippen LogP contribution in [0.25, 0.3) is 11.8 Å². The lowest BCUT2D eigenvalue weighted by molar-refractivity contribution is 0.111. The van der Waals surface area contributed by atoms with E-state index in [1.165, 1.54) is 12.1 Å².